The molecule has 0 saturated heterocycles. The van der Waals surface area contributed by atoms with E-state index in [0.717, 1.165) is 5.56 Å². The van der Waals surface area contributed by atoms with Gasteiger partial charge in [0.25, 0.3) is 15.9 Å². The van der Waals surface area contributed by atoms with E-state index in [1.54, 1.807) is 12.1 Å². The van der Waals surface area contributed by atoms with Crippen molar-refractivity contribution in [2.24, 2.45) is 5.73 Å². The summed E-state index contributed by atoms with van der Waals surface area (Å²) in [6.45, 7) is 3.80. The molecule has 0 saturated carbocycles. The maximum atomic E-state index is 12.7. The molecule has 164 valence electrons. The smallest absolute Gasteiger partial charge is 0.264 e. The molecule has 31 heavy (non-hydrogen) atoms. The van der Waals surface area contributed by atoms with Gasteiger partial charge in [-0.05, 0) is 43.7 Å². The highest BCUT2D eigenvalue weighted by atomic mass is 35.5. The number of aromatic nitrogens is 2. The second-order valence-electron chi connectivity index (χ2n) is 7.07. The number of ether oxygens (including phenoxy) is 2. The highest BCUT2D eigenvalue weighted by Crippen LogP contribution is 2.32. The number of nitrogens with one attached hydrogen (secondary N) is 1. The molecule has 0 fully saturated rings. The van der Waals surface area contributed by atoms with Crippen molar-refractivity contribution in [3.8, 4) is 17.5 Å². The van der Waals surface area contributed by atoms with Crippen LogP contribution in [0.2, 0.25) is 10.0 Å². The zero-order valence-electron chi connectivity index (χ0n) is 16.9. The first-order valence-corrected chi connectivity index (χ1v) is 11.2. The fourth-order valence-electron chi connectivity index (χ4n) is 2.57. The molecule has 0 unspecified atom stereocenters. The Labute approximate surface area is 190 Å². The van der Waals surface area contributed by atoms with E-state index in [2.05, 4.69) is 14.7 Å². The molecule has 0 bridgehead atoms. The summed E-state index contributed by atoms with van der Waals surface area (Å²) in [5, 5.41) is 0.00281. The van der Waals surface area contributed by atoms with Crippen molar-refractivity contribution in [1.82, 2.24) is 9.97 Å². The monoisotopic (exact) mass is 482 g/mol. The largest absolute Gasteiger partial charge is 0.478 e. The molecular weight excluding hydrogens is 463 g/mol. The van der Waals surface area contributed by atoms with Crippen LogP contribution in [0.3, 0.4) is 0 Å². The lowest BCUT2D eigenvalue weighted by Gasteiger charge is -2.19. The summed E-state index contributed by atoms with van der Waals surface area (Å²) in [5.74, 6) is 0.397. The molecule has 1 aromatic heterocycles. The predicted octanol–water partition coefficient (Wildman–Crippen LogP) is 4.58. The summed E-state index contributed by atoms with van der Waals surface area (Å²) < 4.78 is 38.6. The van der Waals surface area contributed by atoms with Crippen molar-refractivity contribution in [2.75, 3.05) is 11.8 Å². The molecule has 0 aliphatic rings. The normalized spacial score (nSPS) is 11.8. The average Bonchev–Trinajstić information content (AvgIpc) is 2.70. The van der Waals surface area contributed by atoms with Crippen molar-refractivity contribution in [2.45, 2.75) is 24.3 Å². The molecule has 3 N–H and O–H groups in total. The van der Waals surface area contributed by atoms with E-state index in [9.17, 15) is 8.42 Å². The van der Waals surface area contributed by atoms with E-state index >= 15 is 0 Å². The predicted molar refractivity (Wildman–Crippen MR) is 120 cm³/mol. The number of rotatable bonds is 7. The Morgan fingerprint density at radius 2 is 1.77 bits per heavy atom. The third-order valence-electron chi connectivity index (χ3n) is 4.17. The van der Waals surface area contributed by atoms with Gasteiger partial charge in [-0.3, -0.25) is 4.72 Å². The average molecular weight is 483 g/mol. The fourth-order valence-corrected chi connectivity index (χ4v) is 4.33. The van der Waals surface area contributed by atoms with Gasteiger partial charge in [0.1, 0.15) is 10.6 Å². The summed E-state index contributed by atoms with van der Waals surface area (Å²) in [6, 6.07) is 11.5. The number of nitrogens with zero attached hydrogens (tertiary/aromatic N) is 2. The van der Waals surface area contributed by atoms with Crippen molar-refractivity contribution in [1.29, 1.82) is 0 Å². The minimum atomic E-state index is -4.09. The third kappa shape index (κ3) is 5.37. The van der Waals surface area contributed by atoms with Crippen molar-refractivity contribution < 1.29 is 17.9 Å². The van der Waals surface area contributed by atoms with Crippen LogP contribution in [0.5, 0.6) is 17.5 Å². The maximum Gasteiger partial charge on any atom is 0.264 e. The zero-order valence-corrected chi connectivity index (χ0v) is 19.2. The van der Waals surface area contributed by atoms with Crippen LogP contribution in [0.25, 0.3) is 0 Å². The Morgan fingerprint density at radius 1 is 1.10 bits per heavy atom. The van der Waals surface area contributed by atoms with Gasteiger partial charge in [0.2, 0.25) is 11.7 Å². The Balaban J connectivity index is 1.84. The van der Waals surface area contributed by atoms with Crippen LogP contribution < -0.4 is 19.9 Å². The first kappa shape index (κ1) is 23.1. The van der Waals surface area contributed by atoms with Crippen LogP contribution in [0.4, 0.5) is 5.82 Å². The number of sulfonamides is 1. The number of hydrogen-bond donors (Lipinski definition) is 2. The summed E-state index contributed by atoms with van der Waals surface area (Å²) in [7, 11) is -2.76. The van der Waals surface area contributed by atoms with Gasteiger partial charge in [-0.1, -0.05) is 41.4 Å². The molecule has 0 aliphatic carbocycles. The molecule has 8 nitrogen and oxygen atoms in total. The maximum absolute atomic E-state index is 12.7. The Hall–Kier alpha value is -2.59. The molecule has 3 aromatic rings. The zero-order chi connectivity index (χ0) is 22.8. The van der Waals surface area contributed by atoms with Crippen molar-refractivity contribution >= 4 is 39.0 Å². The summed E-state index contributed by atoms with van der Waals surface area (Å²) in [5.41, 5.74) is 6.53. The molecule has 0 amide bonds. The number of benzene rings is 2. The van der Waals surface area contributed by atoms with E-state index in [1.807, 2.05) is 26.0 Å². The highest BCUT2D eigenvalue weighted by Gasteiger charge is 2.23. The summed E-state index contributed by atoms with van der Waals surface area (Å²) in [6.07, 6.45) is 1.26. The van der Waals surface area contributed by atoms with E-state index < -0.39 is 15.6 Å². The topological polar surface area (TPSA) is 116 Å². The van der Waals surface area contributed by atoms with E-state index in [0.29, 0.717) is 5.75 Å². The molecule has 1 heterocycles. The number of anilines is 1. The third-order valence-corrected chi connectivity index (χ3v) is 6.48. The Kier molecular flexibility index (Phi) is 6.61. The fraction of sp³-hybridized carbons (Fsp3) is 0.200. The molecular formula is C20H20Cl2N4O4S. The summed E-state index contributed by atoms with van der Waals surface area (Å²) >= 11 is 11.9. The lowest BCUT2D eigenvalue weighted by Crippen LogP contribution is -2.28. The molecule has 2 aromatic carbocycles. The van der Waals surface area contributed by atoms with Crippen LogP contribution in [-0.2, 0) is 15.6 Å². The highest BCUT2D eigenvalue weighted by molar-refractivity contribution is 7.92. The van der Waals surface area contributed by atoms with E-state index in [1.165, 1.54) is 31.5 Å². The van der Waals surface area contributed by atoms with Gasteiger partial charge in [-0.2, -0.15) is 4.98 Å². The van der Waals surface area contributed by atoms with Gasteiger partial charge in [-0.25, -0.2) is 13.4 Å². The van der Waals surface area contributed by atoms with Gasteiger partial charge in [0.05, 0.1) is 23.4 Å². The number of methoxy groups -OCH3 is 1. The van der Waals surface area contributed by atoms with Gasteiger partial charge in [0.15, 0.2) is 0 Å². The molecule has 3 rings (SSSR count). The number of nitrogens with two attached hydrogens (primary N) is 1. The van der Waals surface area contributed by atoms with Crippen molar-refractivity contribution in [3.05, 3.63) is 64.3 Å². The van der Waals surface area contributed by atoms with Crippen molar-refractivity contribution in [3.63, 3.8) is 0 Å². The standard InChI is InChI=1S/C20H20Cl2N4O4S/c1-20(2,23)12-7-9-13(10-8-12)30-16-11-24-18(19(25-16)29-3)26-31(27,28)15-6-4-5-14(21)17(15)22/h4-11H,23H2,1-3H3,(H,24,26). The lowest BCUT2D eigenvalue weighted by molar-refractivity contribution is 0.382. The van der Waals surface area contributed by atoms with Crippen LogP contribution in [-0.4, -0.2) is 25.5 Å². The van der Waals surface area contributed by atoms with E-state index in [4.69, 9.17) is 38.4 Å². The van der Waals surface area contributed by atoms with Gasteiger partial charge < -0.3 is 15.2 Å². The molecule has 11 heteroatoms. The van der Waals surface area contributed by atoms with E-state index in [-0.39, 0.29) is 32.5 Å². The minimum absolute atomic E-state index is 0.0843. The van der Waals surface area contributed by atoms with Crippen LogP contribution in [0, 0.1) is 0 Å². The van der Waals surface area contributed by atoms with Crippen LogP contribution in [0.1, 0.15) is 19.4 Å². The second kappa shape index (κ2) is 8.88. The first-order chi connectivity index (χ1) is 14.5. The molecule has 0 atom stereocenters. The minimum Gasteiger partial charge on any atom is -0.478 e. The SMILES string of the molecule is COc1nc(Oc2ccc(C(C)(C)N)cc2)cnc1NS(=O)(=O)c1cccc(Cl)c1Cl. The second-order valence-corrected chi connectivity index (χ2v) is 9.51. The Morgan fingerprint density at radius 3 is 2.39 bits per heavy atom. The molecule has 0 spiro atoms. The lowest BCUT2D eigenvalue weighted by atomic mass is 9.96. The summed E-state index contributed by atoms with van der Waals surface area (Å²) in [4.78, 5) is 8.02. The number of hydrogen-bond acceptors (Lipinski definition) is 7. The van der Waals surface area contributed by atoms with Gasteiger partial charge in [-0.15, -0.1) is 0 Å². The molecule has 0 radical (unpaired) electrons. The Bertz CT molecular complexity index is 1200. The van der Waals surface area contributed by atoms with Gasteiger partial charge >= 0.3 is 0 Å². The molecule has 0 aliphatic heterocycles. The first-order valence-electron chi connectivity index (χ1n) is 8.96. The van der Waals surface area contributed by atoms with Crippen LogP contribution in [0.15, 0.2) is 53.6 Å². The van der Waals surface area contributed by atoms with Gasteiger partial charge in [0, 0.05) is 5.54 Å². The van der Waals surface area contributed by atoms with Crippen LogP contribution >= 0.6 is 23.2 Å². The number of halogens is 2. The quantitative estimate of drug-likeness (QED) is 0.505.